The first-order valence-corrected chi connectivity index (χ1v) is 7.70. The summed E-state index contributed by atoms with van der Waals surface area (Å²) in [6, 6.07) is 13.9. The third-order valence-electron chi connectivity index (χ3n) is 3.20. The van der Waals surface area contributed by atoms with Gasteiger partial charge in [0.05, 0.1) is 31.5 Å². The van der Waals surface area contributed by atoms with Crippen LogP contribution in [0.15, 0.2) is 53.6 Å². The number of anilines is 1. The molecule has 0 bridgehead atoms. The van der Waals surface area contributed by atoms with E-state index < -0.39 is 12.6 Å². The predicted molar refractivity (Wildman–Crippen MR) is 94.2 cm³/mol. The third kappa shape index (κ3) is 5.82. The predicted octanol–water partition coefficient (Wildman–Crippen LogP) is 0.386. The van der Waals surface area contributed by atoms with Crippen LogP contribution in [0.5, 0.6) is 11.5 Å². The molecule has 0 atom stereocenters. The molecule has 0 fully saturated rings. The number of carboxylic acid groups (broad SMARTS) is 1. The van der Waals surface area contributed by atoms with Crippen LogP contribution in [0.2, 0.25) is 0 Å². The maximum atomic E-state index is 11.9. The fraction of sp³-hybridized carbons (Fsp3) is 0.167. The van der Waals surface area contributed by atoms with Crippen molar-refractivity contribution < 1.29 is 24.2 Å². The average Bonchev–Trinajstić information content (AvgIpc) is 2.65. The van der Waals surface area contributed by atoms with E-state index in [1.165, 1.54) is 6.21 Å². The minimum absolute atomic E-state index is 0.000539. The molecule has 136 valence electrons. The van der Waals surface area contributed by atoms with Crippen LogP contribution in [0.3, 0.4) is 0 Å². The highest BCUT2D eigenvalue weighted by Gasteiger charge is 2.04. The van der Waals surface area contributed by atoms with Crippen LogP contribution in [0.1, 0.15) is 5.56 Å². The van der Waals surface area contributed by atoms with Gasteiger partial charge in [0.15, 0.2) is 0 Å². The monoisotopic (exact) mass is 356 g/mol. The van der Waals surface area contributed by atoms with E-state index in [1.807, 2.05) is 12.1 Å². The van der Waals surface area contributed by atoms with Gasteiger partial charge in [0, 0.05) is 5.56 Å². The van der Waals surface area contributed by atoms with Crippen LogP contribution in [-0.2, 0) is 9.59 Å². The second kappa shape index (κ2) is 9.67. The van der Waals surface area contributed by atoms with E-state index in [-0.39, 0.29) is 12.5 Å². The number of hydrogen-bond donors (Lipinski definition) is 2. The van der Waals surface area contributed by atoms with Gasteiger partial charge < -0.3 is 24.7 Å². The highest BCUT2D eigenvalue weighted by atomic mass is 16.5. The van der Waals surface area contributed by atoms with Crippen LogP contribution >= 0.6 is 0 Å². The Hall–Kier alpha value is -3.55. The second-order valence-corrected chi connectivity index (χ2v) is 5.05. The second-order valence-electron chi connectivity index (χ2n) is 5.05. The molecule has 0 saturated heterocycles. The largest absolute Gasteiger partial charge is 0.546 e. The zero-order valence-electron chi connectivity index (χ0n) is 14.1. The molecular formula is C18H18N3O5-. The summed E-state index contributed by atoms with van der Waals surface area (Å²) in [6.07, 6.45) is 1.37. The molecule has 0 saturated carbocycles. The molecule has 0 unspecified atom stereocenters. The van der Waals surface area contributed by atoms with E-state index in [2.05, 4.69) is 15.8 Å². The first kappa shape index (κ1) is 18.8. The highest BCUT2D eigenvalue weighted by molar-refractivity contribution is 5.86. The van der Waals surface area contributed by atoms with Crippen LogP contribution in [0, 0.1) is 0 Å². The van der Waals surface area contributed by atoms with Crippen molar-refractivity contribution in [3.05, 3.63) is 54.1 Å². The van der Waals surface area contributed by atoms with Crippen molar-refractivity contribution in [1.82, 2.24) is 5.43 Å². The standard InChI is InChI=1S/C18H19N3O5/c1-25-16-9-5-3-7-14(16)19-11-17(22)21-20-10-13-6-2-4-8-15(13)26-12-18(23)24/h2-10,19H,11-12H2,1H3,(H,21,22)(H,23,24)/p-1/b20-10-. The summed E-state index contributed by atoms with van der Waals surface area (Å²) in [4.78, 5) is 22.3. The van der Waals surface area contributed by atoms with Crippen molar-refractivity contribution in [1.29, 1.82) is 0 Å². The normalized spacial score (nSPS) is 10.3. The van der Waals surface area contributed by atoms with E-state index in [0.717, 1.165) is 0 Å². The Morgan fingerprint density at radius 2 is 1.81 bits per heavy atom. The van der Waals surface area contributed by atoms with Crippen molar-refractivity contribution >= 4 is 23.8 Å². The van der Waals surface area contributed by atoms with Crippen LogP contribution in [0.4, 0.5) is 5.69 Å². The first-order chi connectivity index (χ1) is 12.6. The summed E-state index contributed by atoms with van der Waals surface area (Å²) in [5, 5.41) is 17.3. The van der Waals surface area contributed by atoms with Gasteiger partial charge in [0.25, 0.3) is 5.91 Å². The SMILES string of the molecule is COc1ccccc1NCC(=O)N/N=C\c1ccccc1OCC(=O)[O-]. The number of amides is 1. The highest BCUT2D eigenvalue weighted by Crippen LogP contribution is 2.22. The molecule has 0 aliphatic heterocycles. The van der Waals surface area contributed by atoms with Gasteiger partial charge >= 0.3 is 0 Å². The molecule has 26 heavy (non-hydrogen) atoms. The number of carbonyl (C=O) groups excluding carboxylic acids is 2. The Balaban J connectivity index is 1.88. The molecule has 0 aliphatic carbocycles. The van der Waals surface area contributed by atoms with Gasteiger partial charge in [-0.2, -0.15) is 5.10 Å². The number of ether oxygens (including phenoxy) is 2. The van der Waals surface area contributed by atoms with Gasteiger partial charge in [0.1, 0.15) is 18.1 Å². The van der Waals surface area contributed by atoms with Gasteiger partial charge in [-0.15, -0.1) is 0 Å². The lowest BCUT2D eigenvalue weighted by molar-refractivity contribution is -0.307. The zero-order valence-corrected chi connectivity index (χ0v) is 14.1. The number of nitrogens with zero attached hydrogens (tertiary/aromatic N) is 1. The lowest BCUT2D eigenvalue weighted by atomic mass is 10.2. The Kier molecular flexibility index (Phi) is 6.99. The summed E-state index contributed by atoms with van der Waals surface area (Å²) < 4.78 is 10.3. The molecular weight excluding hydrogens is 338 g/mol. The molecule has 0 radical (unpaired) electrons. The lowest BCUT2D eigenvalue weighted by Crippen LogP contribution is -2.29. The number of methoxy groups -OCH3 is 1. The minimum atomic E-state index is -1.33. The van der Waals surface area contributed by atoms with Gasteiger partial charge in [0.2, 0.25) is 0 Å². The maximum Gasteiger partial charge on any atom is 0.259 e. The number of hydrazone groups is 1. The van der Waals surface area contributed by atoms with Gasteiger partial charge in [-0.1, -0.05) is 24.3 Å². The van der Waals surface area contributed by atoms with Crippen LogP contribution < -0.4 is 25.3 Å². The van der Waals surface area contributed by atoms with E-state index >= 15 is 0 Å². The molecule has 8 nitrogen and oxygen atoms in total. The van der Waals surface area contributed by atoms with Crippen molar-refractivity contribution in [3.8, 4) is 11.5 Å². The van der Waals surface area contributed by atoms with Crippen molar-refractivity contribution in [2.45, 2.75) is 0 Å². The minimum Gasteiger partial charge on any atom is -0.546 e. The number of rotatable bonds is 9. The van der Waals surface area contributed by atoms with E-state index in [0.29, 0.717) is 22.7 Å². The topological polar surface area (TPSA) is 112 Å². The van der Waals surface area contributed by atoms with Crippen molar-refractivity contribution in [3.63, 3.8) is 0 Å². The van der Waals surface area contributed by atoms with Crippen LogP contribution in [0.25, 0.3) is 0 Å². The number of nitrogens with one attached hydrogen (secondary N) is 2. The van der Waals surface area contributed by atoms with Crippen LogP contribution in [-0.4, -0.2) is 38.4 Å². The molecule has 0 heterocycles. The molecule has 2 aromatic carbocycles. The summed E-state index contributed by atoms with van der Waals surface area (Å²) in [7, 11) is 1.55. The molecule has 0 aromatic heterocycles. The fourth-order valence-electron chi connectivity index (χ4n) is 2.03. The summed E-state index contributed by atoms with van der Waals surface area (Å²) in [5.41, 5.74) is 3.58. The number of aliphatic carboxylic acids is 1. The fourth-order valence-corrected chi connectivity index (χ4v) is 2.03. The number of carboxylic acids is 1. The zero-order chi connectivity index (χ0) is 18.8. The molecule has 2 N–H and O–H groups in total. The number of para-hydroxylation sites is 3. The van der Waals surface area contributed by atoms with E-state index in [9.17, 15) is 14.7 Å². The Bertz CT molecular complexity index is 792. The first-order valence-electron chi connectivity index (χ1n) is 7.70. The van der Waals surface area contributed by atoms with E-state index in [1.54, 1.807) is 43.5 Å². The quantitative estimate of drug-likeness (QED) is 0.496. The summed E-state index contributed by atoms with van der Waals surface area (Å²) in [6.45, 7) is -0.569. The Labute approximate surface area is 150 Å². The Morgan fingerprint density at radius 1 is 1.12 bits per heavy atom. The molecule has 2 rings (SSSR count). The third-order valence-corrected chi connectivity index (χ3v) is 3.20. The summed E-state index contributed by atoms with van der Waals surface area (Å²) >= 11 is 0. The maximum absolute atomic E-state index is 11.9. The number of benzene rings is 2. The number of carbonyl (C=O) groups is 2. The Morgan fingerprint density at radius 3 is 2.54 bits per heavy atom. The van der Waals surface area contributed by atoms with Crippen molar-refractivity contribution in [2.24, 2.45) is 5.10 Å². The van der Waals surface area contributed by atoms with Gasteiger partial charge in [-0.05, 0) is 24.3 Å². The molecule has 0 spiro atoms. The lowest BCUT2D eigenvalue weighted by Gasteiger charge is -2.10. The average molecular weight is 356 g/mol. The van der Waals surface area contributed by atoms with E-state index in [4.69, 9.17) is 9.47 Å². The van der Waals surface area contributed by atoms with Crippen molar-refractivity contribution in [2.75, 3.05) is 25.6 Å². The number of hydrogen-bond acceptors (Lipinski definition) is 7. The van der Waals surface area contributed by atoms with Gasteiger partial charge in [-0.3, -0.25) is 4.79 Å². The van der Waals surface area contributed by atoms with Gasteiger partial charge in [-0.25, -0.2) is 5.43 Å². The smallest absolute Gasteiger partial charge is 0.259 e. The molecule has 2 aromatic rings. The molecule has 0 aliphatic rings. The molecule has 8 heteroatoms. The summed E-state index contributed by atoms with van der Waals surface area (Å²) in [5.74, 6) is -0.739. The molecule has 1 amide bonds.